The molecule has 0 aliphatic heterocycles. The zero-order chi connectivity index (χ0) is 13.3. The first-order valence-electron chi connectivity index (χ1n) is 5.63. The standard InChI is InChI=1S/C15H14O3/c1-9-3-5-12(10(2)7-9)13-8-11(15(17)18)4-6-14(13)16/h3-8,16H,1-2H3,(H,17,18). The summed E-state index contributed by atoms with van der Waals surface area (Å²) in [7, 11) is 0. The molecule has 2 N–H and O–H groups in total. The maximum Gasteiger partial charge on any atom is 0.335 e. The highest BCUT2D eigenvalue weighted by Crippen LogP contribution is 2.32. The smallest absolute Gasteiger partial charge is 0.335 e. The van der Waals surface area contributed by atoms with Crippen LogP contribution in [0.1, 0.15) is 21.5 Å². The fraction of sp³-hybridized carbons (Fsp3) is 0.133. The molecule has 0 bridgehead atoms. The maximum absolute atomic E-state index is 11.0. The summed E-state index contributed by atoms with van der Waals surface area (Å²) in [5.74, 6) is -0.909. The molecule has 18 heavy (non-hydrogen) atoms. The second-order valence-electron chi connectivity index (χ2n) is 4.36. The molecule has 0 radical (unpaired) electrons. The van der Waals surface area contributed by atoms with Gasteiger partial charge >= 0.3 is 5.97 Å². The molecular weight excluding hydrogens is 228 g/mol. The first kappa shape index (κ1) is 12.2. The minimum atomic E-state index is -0.999. The van der Waals surface area contributed by atoms with Crippen molar-refractivity contribution in [1.29, 1.82) is 0 Å². The second-order valence-corrected chi connectivity index (χ2v) is 4.36. The summed E-state index contributed by atoms with van der Waals surface area (Å²) < 4.78 is 0. The number of aromatic hydroxyl groups is 1. The van der Waals surface area contributed by atoms with E-state index in [1.165, 1.54) is 18.2 Å². The lowest BCUT2D eigenvalue weighted by Crippen LogP contribution is -1.96. The van der Waals surface area contributed by atoms with E-state index < -0.39 is 5.97 Å². The maximum atomic E-state index is 11.0. The largest absolute Gasteiger partial charge is 0.507 e. The predicted octanol–water partition coefficient (Wildman–Crippen LogP) is 3.37. The minimum absolute atomic E-state index is 0.0898. The Morgan fingerprint density at radius 1 is 1.00 bits per heavy atom. The molecule has 0 saturated heterocycles. The Kier molecular flexibility index (Phi) is 3.06. The number of aromatic carboxylic acids is 1. The van der Waals surface area contributed by atoms with E-state index in [1.54, 1.807) is 0 Å². The highest BCUT2D eigenvalue weighted by molar-refractivity contribution is 5.90. The molecule has 2 aromatic rings. The quantitative estimate of drug-likeness (QED) is 0.848. The summed E-state index contributed by atoms with van der Waals surface area (Å²) in [4.78, 5) is 11.0. The number of carboxylic acid groups (broad SMARTS) is 1. The van der Waals surface area contributed by atoms with Gasteiger partial charge in [0.05, 0.1) is 5.56 Å². The molecule has 2 rings (SSSR count). The molecule has 0 unspecified atom stereocenters. The number of phenolic OH excluding ortho intramolecular Hbond substituents is 1. The van der Waals surface area contributed by atoms with E-state index in [4.69, 9.17) is 5.11 Å². The lowest BCUT2D eigenvalue weighted by molar-refractivity contribution is 0.0697. The molecular formula is C15H14O3. The molecule has 0 aliphatic carbocycles. The molecule has 0 aromatic heterocycles. The van der Waals surface area contributed by atoms with Crippen molar-refractivity contribution in [3.63, 3.8) is 0 Å². The average molecular weight is 242 g/mol. The number of phenols is 1. The lowest BCUT2D eigenvalue weighted by atomic mass is 9.96. The molecule has 0 heterocycles. The van der Waals surface area contributed by atoms with Crippen molar-refractivity contribution in [2.45, 2.75) is 13.8 Å². The summed E-state index contributed by atoms with van der Waals surface area (Å²) in [6, 6.07) is 10.1. The van der Waals surface area contributed by atoms with Crippen molar-refractivity contribution < 1.29 is 15.0 Å². The number of hydrogen-bond donors (Lipinski definition) is 2. The van der Waals surface area contributed by atoms with Crippen molar-refractivity contribution in [2.24, 2.45) is 0 Å². The number of carbonyl (C=O) groups is 1. The monoisotopic (exact) mass is 242 g/mol. The van der Waals surface area contributed by atoms with Crippen molar-refractivity contribution >= 4 is 5.97 Å². The fourth-order valence-electron chi connectivity index (χ4n) is 2.00. The van der Waals surface area contributed by atoms with E-state index in [-0.39, 0.29) is 11.3 Å². The fourth-order valence-corrected chi connectivity index (χ4v) is 2.00. The van der Waals surface area contributed by atoms with Gasteiger partial charge in [0.2, 0.25) is 0 Å². The van der Waals surface area contributed by atoms with Gasteiger partial charge in [-0.25, -0.2) is 4.79 Å². The van der Waals surface area contributed by atoms with Crippen molar-refractivity contribution in [3.05, 3.63) is 53.1 Å². The van der Waals surface area contributed by atoms with Crippen LogP contribution in [-0.4, -0.2) is 16.2 Å². The number of carboxylic acids is 1. The van der Waals surface area contributed by atoms with Gasteiger partial charge in [0, 0.05) is 5.56 Å². The summed E-state index contributed by atoms with van der Waals surface area (Å²) in [5, 5.41) is 18.8. The van der Waals surface area contributed by atoms with Gasteiger partial charge < -0.3 is 10.2 Å². The summed E-state index contributed by atoms with van der Waals surface area (Å²) in [6.45, 7) is 3.93. The first-order chi connectivity index (χ1) is 8.49. The SMILES string of the molecule is Cc1ccc(-c2cc(C(=O)O)ccc2O)c(C)c1. The van der Waals surface area contributed by atoms with E-state index in [2.05, 4.69) is 0 Å². The highest BCUT2D eigenvalue weighted by Gasteiger charge is 2.11. The normalized spacial score (nSPS) is 10.3. The van der Waals surface area contributed by atoms with E-state index in [0.29, 0.717) is 5.56 Å². The van der Waals surface area contributed by atoms with Crippen molar-refractivity contribution in [3.8, 4) is 16.9 Å². The molecule has 0 spiro atoms. The Morgan fingerprint density at radius 2 is 1.72 bits per heavy atom. The topological polar surface area (TPSA) is 57.5 Å². The Morgan fingerprint density at radius 3 is 2.33 bits per heavy atom. The van der Waals surface area contributed by atoms with Crippen LogP contribution in [0.4, 0.5) is 0 Å². The van der Waals surface area contributed by atoms with Crippen LogP contribution in [0.15, 0.2) is 36.4 Å². The lowest BCUT2D eigenvalue weighted by Gasteiger charge is -2.10. The molecule has 0 saturated carbocycles. The van der Waals surface area contributed by atoms with Crippen LogP contribution in [0.5, 0.6) is 5.75 Å². The third-order valence-electron chi connectivity index (χ3n) is 2.92. The van der Waals surface area contributed by atoms with E-state index in [0.717, 1.165) is 16.7 Å². The molecule has 2 aromatic carbocycles. The summed E-state index contributed by atoms with van der Waals surface area (Å²) >= 11 is 0. The van der Waals surface area contributed by atoms with Crippen LogP contribution in [0.3, 0.4) is 0 Å². The van der Waals surface area contributed by atoms with Gasteiger partial charge in [0.1, 0.15) is 5.75 Å². The van der Waals surface area contributed by atoms with Gasteiger partial charge in [-0.1, -0.05) is 23.8 Å². The van der Waals surface area contributed by atoms with Crippen LogP contribution in [0, 0.1) is 13.8 Å². The van der Waals surface area contributed by atoms with Gasteiger partial charge in [0.15, 0.2) is 0 Å². The molecule has 0 atom stereocenters. The van der Waals surface area contributed by atoms with Gasteiger partial charge in [-0.05, 0) is 43.2 Å². The molecule has 0 fully saturated rings. The molecule has 0 aliphatic rings. The zero-order valence-electron chi connectivity index (χ0n) is 10.3. The van der Waals surface area contributed by atoms with Gasteiger partial charge in [0.25, 0.3) is 0 Å². The third kappa shape index (κ3) is 2.20. The summed E-state index contributed by atoms with van der Waals surface area (Å²) in [6.07, 6.45) is 0. The van der Waals surface area contributed by atoms with Crippen LogP contribution in [0.25, 0.3) is 11.1 Å². The van der Waals surface area contributed by atoms with Crippen LogP contribution < -0.4 is 0 Å². The van der Waals surface area contributed by atoms with Crippen LogP contribution in [0.2, 0.25) is 0 Å². The Balaban J connectivity index is 2.62. The number of aryl methyl sites for hydroxylation is 2. The number of benzene rings is 2. The summed E-state index contributed by atoms with van der Waals surface area (Å²) in [5.41, 5.74) is 3.70. The van der Waals surface area contributed by atoms with Crippen LogP contribution >= 0.6 is 0 Å². The number of rotatable bonds is 2. The third-order valence-corrected chi connectivity index (χ3v) is 2.92. The highest BCUT2D eigenvalue weighted by atomic mass is 16.4. The average Bonchev–Trinajstić information content (AvgIpc) is 2.30. The Hall–Kier alpha value is -2.29. The minimum Gasteiger partial charge on any atom is -0.507 e. The Labute approximate surface area is 105 Å². The molecule has 92 valence electrons. The van der Waals surface area contributed by atoms with Gasteiger partial charge in [-0.15, -0.1) is 0 Å². The number of hydrogen-bond acceptors (Lipinski definition) is 2. The van der Waals surface area contributed by atoms with Gasteiger partial charge in [-0.3, -0.25) is 0 Å². The van der Waals surface area contributed by atoms with Crippen molar-refractivity contribution in [1.82, 2.24) is 0 Å². The van der Waals surface area contributed by atoms with E-state index in [1.807, 2.05) is 32.0 Å². The predicted molar refractivity (Wildman–Crippen MR) is 70.0 cm³/mol. The van der Waals surface area contributed by atoms with Gasteiger partial charge in [-0.2, -0.15) is 0 Å². The molecule has 3 heteroatoms. The van der Waals surface area contributed by atoms with E-state index in [9.17, 15) is 9.90 Å². The zero-order valence-corrected chi connectivity index (χ0v) is 10.3. The second kappa shape index (κ2) is 4.53. The molecule has 0 amide bonds. The Bertz CT molecular complexity index is 615. The van der Waals surface area contributed by atoms with Crippen LogP contribution in [-0.2, 0) is 0 Å². The van der Waals surface area contributed by atoms with E-state index >= 15 is 0 Å². The first-order valence-corrected chi connectivity index (χ1v) is 5.63. The van der Waals surface area contributed by atoms with Crippen molar-refractivity contribution in [2.75, 3.05) is 0 Å². The molecule has 3 nitrogen and oxygen atoms in total.